The fourth-order valence-corrected chi connectivity index (χ4v) is 2.08. The molecule has 6 nitrogen and oxygen atoms in total. The molecular weight excluding hydrogens is 253 g/mol. The minimum Gasteiger partial charge on any atom is -0.320 e. The number of piperidine rings is 1. The van der Waals surface area contributed by atoms with Crippen LogP contribution in [0.1, 0.15) is 12.8 Å². The summed E-state index contributed by atoms with van der Waals surface area (Å²) in [6.45, 7) is 1.40. The van der Waals surface area contributed by atoms with Crippen LogP contribution in [0, 0.1) is 21.8 Å². The molecule has 1 atom stereocenters. The number of nitrogens with zero attached hydrogens (tertiary/aromatic N) is 1. The van der Waals surface area contributed by atoms with Gasteiger partial charge in [-0.25, -0.2) is 4.39 Å². The minimum absolute atomic E-state index is 0.0967. The van der Waals surface area contributed by atoms with E-state index in [1.807, 2.05) is 0 Å². The number of hydrogen-bond acceptors (Lipinski definition) is 4. The van der Waals surface area contributed by atoms with E-state index in [1.165, 1.54) is 0 Å². The smallest absolute Gasteiger partial charge is 0.292 e. The van der Waals surface area contributed by atoms with E-state index in [2.05, 4.69) is 10.6 Å². The Bertz CT molecular complexity index is 501. The predicted octanol–water partition coefficient (Wildman–Crippen LogP) is 1.67. The molecule has 1 aromatic carbocycles. The van der Waals surface area contributed by atoms with Gasteiger partial charge in [-0.1, -0.05) is 0 Å². The maximum atomic E-state index is 13.1. The first kappa shape index (κ1) is 13.4. The number of carbonyl (C=O) groups excluding carboxylic acids is 1. The van der Waals surface area contributed by atoms with Crippen molar-refractivity contribution in [1.29, 1.82) is 0 Å². The monoisotopic (exact) mass is 267 g/mol. The van der Waals surface area contributed by atoms with Crippen LogP contribution in [-0.2, 0) is 4.79 Å². The largest absolute Gasteiger partial charge is 0.320 e. The molecule has 1 saturated heterocycles. The lowest BCUT2D eigenvalue weighted by atomic mass is 9.99. The van der Waals surface area contributed by atoms with Gasteiger partial charge in [0, 0.05) is 18.7 Å². The summed E-state index contributed by atoms with van der Waals surface area (Å²) in [4.78, 5) is 22.1. The number of benzene rings is 1. The molecule has 0 bridgehead atoms. The highest BCUT2D eigenvalue weighted by atomic mass is 19.1. The second-order valence-corrected chi connectivity index (χ2v) is 4.45. The fourth-order valence-electron chi connectivity index (χ4n) is 2.08. The van der Waals surface area contributed by atoms with Crippen LogP contribution in [0.15, 0.2) is 18.2 Å². The second kappa shape index (κ2) is 5.75. The molecule has 0 aliphatic carbocycles. The summed E-state index contributed by atoms with van der Waals surface area (Å²) >= 11 is 0. The highest BCUT2D eigenvalue weighted by Crippen LogP contribution is 2.26. The minimum atomic E-state index is -0.645. The van der Waals surface area contributed by atoms with E-state index in [0.29, 0.717) is 6.54 Å². The van der Waals surface area contributed by atoms with Crippen molar-refractivity contribution in [3.05, 3.63) is 34.1 Å². The van der Waals surface area contributed by atoms with Crippen LogP contribution >= 0.6 is 0 Å². The number of hydrogen-bond donors (Lipinski definition) is 2. The zero-order chi connectivity index (χ0) is 13.8. The Kier molecular flexibility index (Phi) is 4.06. The number of carbonyl (C=O) groups is 1. The van der Waals surface area contributed by atoms with Crippen LogP contribution in [0.5, 0.6) is 0 Å². The summed E-state index contributed by atoms with van der Waals surface area (Å²) in [5.74, 6) is -1.18. The van der Waals surface area contributed by atoms with Crippen LogP contribution in [0.4, 0.5) is 15.8 Å². The molecule has 0 aromatic heterocycles. The molecule has 0 radical (unpaired) electrons. The van der Waals surface area contributed by atoms with Crippen LogP contribution in [-0.4, -0.2) is 23.9 Å². The van der Waals surface area contributed by atoms with Crippen molar-refractivity contribution in [2.45, 2.75) is 12.8 Å². The third-order valence-corrected chi connectivity index (χ3v) is 3.08. The number of nitro groups is 1. The average Bonchev–Trinajstić information content (AvgIpc) is 2.39. The van der Waals surface area contributed by atoms with E-state index in [0.717, 1.165) is 37.6 Å². The van der Waals surface area contributed by atoms with Crippen molar-refractivity contribution in [2.75, 3.05) is 18.4 Å². The molecule has 1 heterocycles. The van der Waals surface area contributed by atoms with Crippen molar-refractivity contribution < 1.29 is 14.1 Å². The molecule has 102 valence electrons. The highest BCUT2D eigenvalue weighted by molar-refractivity contribution is 5.94. The second-order valence-electron chi connectivity index (χ2n) is 4.45. The lowest BCUT2D eigenvalue weighted by Gasteiger charge is -2.21. The van der Waals surface area contributed by atoms with Crippen LogP contribution in [0.25, 0.3) is 0 Å². The Morgan fingerprint density at radius 2 is 2.32 bits per heavy atom. The summed E-state index contributed by atoms with van der Waals surface area (Å²) < 4.78 is 13.1. The van der Waals surface area contributed by atoms with Gasteiger partial charge in [0.1, 0.15) is 11.5 Å². The maximum absolute atomic E-state index is 13.1. The van der Waals surface area contributed by atoms with Crippen molar-refractivity contribution in [2.24, 2.45) is 5.92 Å². The van der Waals surface area contributed by atoms with Crippen molar-refractivity contribution >= 4 is 17.3 Å². The normalized spacial score (nSPS) is 18.9. The van der Waals surface area contributed by atoms with Gasteiger partial charge in [-0.05, 0) is 25.5 Å². The zero-order valence-electron chi connectivity index (χ0n) is 10.2. The van der Waals surface area contributed by atoms with Gasteiger partial charge in [-0.15, -0.1) is 0 Å². The van der Waals surface area contributed by atoms with Crippen molar-refractivity contribution in [3.63, 3.8) is 0 Å². The van der Waals surface area contributed by atoms with Gasteiger partial charge in [-0.3, -0.25) is 14.9 Å². The summed E-state index contributed by atoms with van der Waals surface area (Å²) in [6.07, 6.45) is 1.60. The Morgan fingerprint density at radius 3 is 2.95 bits per heavy atom. The molecular formula is C12H14FN3O3. The standard InChI is InChI=1S/C12H14FN3O3/c13-9-3-4-11(16(18)19)10(6-9)15-12(17)8-2-1-5-14-7-8/h3-4,6,8,14H,1-2,5,7H2,(H,15,17)/t8-/m1/s1. The first-order valence-electron chi connectivity index (χ1n) is 6.03. The Labute approximate surface area is 109 Å². The van der Waals surface area contributed by atoms with E-state index < -0.39 is 10.7 Å². The van der Waals surface area contributed by atoms with Gasteiger partial charge in [-0.2, -0.15) is 0 Å². The van der Waals surface area contributed by atoms with Gasteiger partial charge in [0.25, 0.3) is 5.69 Å². The summed E-state index contributed by atoms with van der Waals surface area (Å²) in [5.41, 5.74) is -0.404. The van der Waals surface area contributed by atoms with Gasteiger partial charge >= 0.3 is 0 Å². The maximum Gasteiger partial charge on any atom is 0.292 e. The summed E-state index contributed by atoms with van der Waals surface area (Å²) in [5, 5.41) is 16.3. The van der Waals surface area contributed by atoms with E-state index in [-0.39, 0.29) is 23.2 Å². The predicted molar refractivity (Wildman–Crippen MR) is 67.3 cm³/mol. The van der Waals surface area contributed by atoms with Crippen LogP contribution in [0.2, 0.25) is 0 Å². The topological polar surface area (TPSA) is 84.3 Å². The quantitative estimate of drug-likeness (QED) is 0.644. The fraction of sp³-hybridized carbons (Fsp3) is 0.417. The van der Waals surface area contributed by atoms with Crippen molar-refractivity contribution in [3.8, 4) is 0 Å². The number of amides is 1. The number of nitro benzene ring substituents is 1. The van der Waals surface area contributed by atoms with Crippen LogP contribution in [0.3, 0.4) is 0 Å². The molecule has 0 spiro atoms. The molecule has 0 saturated carbocycles. The zero-order valence-corrected chi connectivity index (χ0v) is 10.2. The Balaban J connectivity index is 2.15. The number of nitrogens with one attached hydrogen (secondary N) is 2. The van der Waals surface area contributed by atoms with Gasteiger partial charge in [0.2, 0.25) is 5.91 Å². The third kappa shape index (κ3) is 3.25. The van der Waals surface area contributed by atoms with Gasteiger partial charge in [0.15, 0.2) is 0 Å². The lowest BCUT2D eigenvalue weighted by Crippen LogP contribution is -2.37. The average molecular weight is 267 g/mol. The van der Waals surface area contributed by atoms with E-state index >= 15 is 0 Å². The molecule has 1 aliphatic heterocycles. The number of rotatable bonds is 3. The van der Waals surface area contributed by atoms with E-state index in [1.54, 1.807) is 0 Å². The number of anilines is 1. The molecule has 7 heteroatoms. The van der Waals surface area contributed by atoms with Gasteiger partial charge in [0.05, 0.1) is 10.8 Å². The van der Waals surface area contributed by atoms with E-state index in [4.69, 9.17) is 0 Å². The first-order chi connectivity index (χ1) is 9.08. The molecule has 1 amide bonds. The lowest BCUT2D eigenvalue weighted by molar-refractivity contribution is -0.384. The molecule has 1 aliphatic rings. The summed E-state index contributed by atoms with van der Waals surface area (Å²) in [6, 6.07) is 3.01. The van der Waals surface area contributed by atoms with Crippen LogP contribution < -0.4 is 10.6 Å². The molecule has 1 aromatic rings. The van der Waals surface area contributed by atoms with Crippen molar-refractivity contribution in [1.82, 2.24) is 5.32 Å². The Morgan fingerprint density at radius 1 is 1.53 bits per heavy atom. The molecule has 2 rings (SSSR count). The van der Waals surface area contributed by atoms with E-state index in [9.17, 15) is 19.3 Å². The Hall–Kier alpha value is -2.02. The molecule has 1 fully saturated rings. The summed E-state index contributed by atoms with van der Waals surface area (Å²) in [7, 11) is 0. The number of halogens is 1. The SMILES string of the molecule is O=C(Nc1cc(F)ccc1[N+](=O)[O-])[C@@H]1CCCNC1. The first-order valence-corrected chi connectivity index (χ1v) is 6.03. The highest BCUT2D eigenvalue weighted by Gasteiger charge is 2.23. The molecule has 2 N–H and O–H groups in total. The molecule has 19 heavy (non-hydrogen) atoms. The van der Waals surface area contributed by atoms with Gasteiger partial charge < -0.3 is 10.6 Å². The third-order valence-electron chi connectivity index (χ3n) is 3.08. The molecule has 0 unspecified atom stereocenters.